The second kappa shape index (κ2) is 3.75. The Morgan fingerprint density at radius 3 is 2.58 bits per heavy atom. The van der Waals surface area contributed by atoms with Crippen molar-refractivity contribution in [1.82, 2.24) is 0 Å². The zero-order chi connectivity index (χ0) is 13.8. The van der Waals surface area contributed by atoms with Crippen molar-refractivity contribution in [1.29, 1.82) is 0 Å². The van der Waals surface area contributed by atoms with Gasteiger partial charge in [-0.2, -0.15) is 0 Å². The van der Waals surface area contributed by atoms with E-state index in [0.717, 1.165) is 30.4 Å². The first-order valence-corrected chi connectivity index (χ1v) is 6.84. The fourth-order valence-corrected chi connectivity index (χ4v) is 3.72. The molecule has 2 atom stereocenters. The molecule has 1 aliphatic carbocycles. The van der Waals surface area contributed by atoms with Crippen LogP contribution in [0.25, 0.3) is 0 Å². The predicted octanol–water partition coefficient (Wildman–Crippen LogP) is 3.37. The third-order valence-electron chi connectivity index (χ3n) is 5.23. The molecule has 1 saturated carbocycles. The molecule has 1 heterocycles. The van der Waals surface area contributed by atoms with Crippen LogP contribution in [-0.4, -0.2) is 13.1 Å². The minimum atomic E-state index is -0.404. The average molecular weight is 260 g/mol. The molecule has 0 spiro atoms. The van der Waals surface area contributed by atoms with Crippen molar-refractivity contribution in [3.8, 4) is 11.5 Å². The van der Waals surface area contributed by atoms with Crippen LogP contribution in [-0.2, 0) is 10.2 Å². The van der Waals surface area contributed by atoms with Gasteiger partial charge in [-0.05, 0) is 38.3 Å². The third-order valence-corrected chi connectivity index (χ3v) is 5.23. The van der Waals surface area contributed by atoms with Crippen LogP contribution in [0.1, 0.15) is 44.2 Å². The standard InChI is InChI=1S/C16H20O3/c1-10-8-11-13(12(9-10)18-4)19-14(17)16(3)7-5-6-15(11,16)2/h8-9H,5-7H2,1-4H3/t15-,16+/m1/s1. The number of benzene rings is 1. The lowest BCUT2D eigenvalue weighted by Gasteiger charge is -2.44. The highest BCUT2D eigenvalue weighted by atomic mass is 16.6. The van der Waals surface area contributed by atoms with E-state index < -0.39 is 5.41 Å². The van der Waals surface area contributed by atoms with Crippen molar-refractivity contribution in [3.05, 3.63) is 23.3 Å². The molecule has 1 aliphatic heterocycles. The summed E-state index contributed by atoms with van der Waals surface area (Å²) in [5, 5.41) is 0. The summed E-state index contributed by atoms with van der Waals surface area (Å²) >= 11 is 0. The van der Waals surface area contributed by atoms with Gasteiger partial charge in [-0.3, -0.25) is 4.79 Å². The van der Waals surface area contributed by atoms with Gasteiger partial charge in [-0.15, -0.1) is 0 Å². The van der Waals surface area contributed by atoms with Gasteiger partial charge in [0.15, 0.2) is 11.5 Å². The molecular weight excluding hydrogens is 240 g/mol. The molecule has 1 fully saturated rings. The largest absolute Gasteiger partial charge is 0.493 e. The van der Waals surface area contributed by atoms with E-state index in [9.17, 15) is 4.79 Å². The van der Waals surface area contributed by atoms with Crippen LogP contribution in [0.5, 0.6) is 11.5 Å². The Kier molecular flexibility index (Phi) is 2.47. The van der Waals surface area contributed by atoms with E-state index in [-0.39, 0.29) is 11.4 Å². The molecule has 0 saturated heterocycles. The van der Waals surface area contributed by atoms with Crippen LogP contribution < -0.4 is 9.47 Å². The Hall–Kier alpha value is -1.51. The number of hydrogen-bond donors (Lipinski definition) is 0. The van der Waals surface area contributed by atoms with E-state index in [1.54, 1.807) is 7.11 Å². The molecule has 0 aromatic heterocycles. The van der Waals surface area contributed by atoms with E-state index in [1.165, 1.54) is 0 Å². The normalized spacial score (nSPS) is 32.5. The van der Waals surface area contributed by atoms with Gasteiger partial charge in [0.25, 0.3) is 0 Å². The zero-order valence-electron chi connectivity index (χ0n) is 12.0. The summed E-state index contributed by atoms with van der Waals surface area (Å²) in [6.07, 6.45) is 2.99. The predicted molar refractivity (Wildman–Crippen MR) is 72.7 cm³/mol. The summed E-state index contributed by atoms with van der Waals surface area (Å²) in [4.78, 5) is 12.4. The van der Waals surface area contributed by atoms with Crippen LogP contribution in [0.15, 0.2) is 12.1 Å². The Morgan fingerprint density at radius 1 is 1.21 bits per heavy atom. The zero-order valence-corrected chi connectivity index (χ0v) is 12.0. The Bertz CT molecular complexity index is 563. The van der Waals surface area contributed by atoms with Crippen LogP contribution in [0.3, 0.4) is 0 Å². The Morgan fingerprint density at radius 2 is 1.89 bits per heavy atom. The number of hydrogen-bond acceptors (Lipinski definition) is 3. The van der Waals surface area contributed by atoms with Gasteiger partial charge in [0.1, 0.15) is 0 Å². The van der Waals surface area contributed by atoms with E-state index in [1.807, 2.05) is 13.0 Å². The smallest absolute Gasteiger partial charge is 0.318 e. The highest BCUT2D eigenvalue weighted by molar-refractivity contribution is 5.85. The number of carbonyl (C=O) groups is 1. The maximum atomic E-state index is 12.4. The van der Waals surface area contributed by atoms with E-state index in [4.69, 9.17) is 9.47 Å². The fraction of sp³-hybridized carbons (Fsp3) is 0.562. The molecule has 3 rings (SSSR count). The maximum Gasteiger partial charge on any atom is 0.318 e. The topological polar surface area (TPSA) is 35.5 Å². The van der Waals surface area contributed by atoms with Gasteiger partial charge in [0, 0.05) is 11.0 Å². The molecule has 1 aromatic rings. The second-order valence-corrected chi connectivity index (χ2v) is 6.25. The molecule has 1 aromatic carbocycles. The minimum Gasteiger partial charge on any atom is -0.493 e. The number of fused-ring (bicyclic) bond motifs is 3. The molecule has 0 radical (unpaired) electrons. The Labute approximate surface area is 113 Å². The lowest BCUT2D eigenvalue weighted by Crippen LogP contribution is -2.48. The maximum absolute atomic E-state index is 12.4. The molecule has 102 valence electrons. The van der Waals surface area contributed by atoms with Crippen molar-refractivity contribution in [2.45, 2.75) is 45.4 Å². The number of ether oxygens (including phenoxy) is 2. The van der Waals surface area contributed by atoms with E-state index in [0.29, 0.717) is 11.5 Å². The van der Waals surface area contributed by atoms with Crippen molar-refractivity contribution in [3.63, 3.8) is 0 Å². The average Bonchev–Trinajstić information content (AvgIpc) is 2.69. The number of esters is 1. The van der Waals surface area contributed by atoms with E-state index >= 15 is 0 Å². The van der Waals surface area contributed by atoms with Gasteiger partial charge < -0.3 is 9.47 Å². The molecule has 3 nitrogen and oxygen atoms in total. The van der Waals surface area contributed by atoms with Crippen LogP contribution in [0.4, 0.5) is 0 Å². The SMILES string of the molecule is COc1cc(C)cc2c1OC(=O)[C@]1(C)CCC[C@]21C. The van der Waals surface area contributed by atoms with Gasteiger partial charge in [-0.1, -0.05) is 19.4 Å². The quantitative estimate of drug-likeness (QED) is 0.573. The minimum absolute atomic E-state index is 0.109. The van der Waals surface area contributed by atoms with Crippen LogP contribution in [0.2, 0.25) is 0 Å². The highest BCUT2D eigenvalue weighted by Crippen LogP contribution is 2.60. The molecule has 2 aliphatic rings. The first-order chi connectivity index (χ1) is 8.92. The van der Waals surface area contributed by atoms with Gasteiger partial charge in [0.2, 0.25) is 0 Å². The number of aryl methyl sites for hydroxylation is 1. The number of methoxy groups -OCH3 is 1. The lowest BCUT2D eigenvalue weighted by atomic mass is 9.62. The van der Waals surface area contributed by atoms with Crippen molar-refractivity contribution in [2.24, 2.45) is 5.41 Å². The summed E-state index contributed by atoms with van der Waals surface area (Å²) in [6, 6.07) is 4.07. The molecule has 19 heavy (non-hydrogen) atoms. The molecule has 0 bridgehead atoms. The van der Waals surface area contributed by atoms with Gasteiger partial charge in [-0.25, -0.2) is 0 Å². The third kappa shape index (κ3) is 1.41. The van der Waals surface area contributed by atoms with Crippen molar-refractivity contribution in [2.75, 3.05) is 7.11 Å². The lowest BCUT2D eigenvalue weighted by molar-refractivity contribution is -0.150. The molecule has 0 unspecified atom stereocenters. The first kappa shape index (κ1) is 12.5. The monoisotopic (exact) mass is 260 g/mol. The molecule has 3 heteroatoms. The molecular formula is C16H20O3. The Balaban J connectivity index is 2.29. The van der Waals surface area contributed by atoms with Crippen molar-refractivity contribution >= 4 is 5.97 Å². The summed E-state index contributed by atoms with van der Waals surface area (Å²) in [7, 11) is 1.62. The van der Waals surface area contributed by atoms with Crippen LogP contribution in [0, 0.1) is 12.3 Å². The van der Waals surface area contributed by atoms with E-state index in [2.05, 4.69) is 19.9 Å². The fourth-order valence-electron chi connectivity index (χ4n) is 3.72. The first-order valence-electron chi connectivity index (χ1n) is 6.84. The molecule has 0 amide bonds. The second-order valence-electron chi connectivity index (χ2n) is 6.25. The van der Waals surface area contributed by atoms with Gasteiger partial charge >= 0.3 is 5.97 Å². The summed E-state index contributed by atoms with van der Waals surface area (Å²) in [5.41, 5.74) is 1.73. The molecule has 0 N–H and O–H groups in total. The summed E-state index contributed by atoms with van der Waals surface area (Å²) in [5.74, 6) is 1.18. The highest BCUT2D eigenvalue weighted by Gasteiger charge is 2.59. The van der Waals surface area contributed by atoms with Crippen molar-refractivity contribution < 1.29 is 14.3 Å². The number of carbonyl (C=O) groups excluding carboxylic acids is 1. The summed E-state index contributed by atoms with van der Waals surface area (Å²) < 4.78 is 11.0. The van der Waals surface area contributed by atoms with Crippen LogP contribution >= 0.6 is 0 Å². The number of rotatable bonds is 1. The van der Waals surface area contributed by atoms with Gasteiger partial charge in [0.05, 0.1) is 12.5 Å². The summed E-state index contributed by atoms with van der Waals surface area (Å²) in [6.45, 7) is 6.28.